The van der Waals surface area contributed by atoms with Crippen LogP contribution in [0.1, 0.15) is 33.6 Å². The molecule has 82 valence electrons. The molecule has 0 aliphatic rings. The lowest BCUT2D eigenvalue weighted by Gasteiger charge is -2.29. The molecule has 0 saturated heterocycles. The van der Waals surface area contributed by atoms with Gasteiger partial charge in [0.05, 0.1) is 6.07 Å². The van der Waals surface area contributed by atoms with E-state index in [9.17, 15) is 9.67 Å². The highest BCUT2D eigenvalue weighted by Crippen LogP contribution is 2.36. The van der Waals surface area contributed by atoms with Crippen LogP contribution < -0.4 is 0 Å². The van der Waals surface area contributed by atoms with Crippen LogP contribution in [0.4, 0.5) is 0 Å². The Balaban J connectivity index is 4.62. The standard InChI is InChI=1S/C9H18NO3P/c1-4-8(7-10)9(11,5-2)13-14(12)6-3/h8,11,14H,4-6H2,1-3H3. The second kappa shape index (κ2) is 6.19. The first-order chi connectivity index (χ1) is 6.53. The van der Waals surface area contributed by atoms with Gasteiger partial charge in [-0.1, -0.05) is 20.8 Å². The van der Waals surface area contributed by atoms with Crippen LogP contribution in [0.15, 0.2) is 0 Å². The summed E-state index contributed by atoms with van der Waals surface area (Å²) in [5, 5.41) is 18.8. The highest BCUT2D eigenvalue weighted by Gasteiger charge is 2.36. The van der Waals surface area contributed by atoms with Crippen LogP contribution in [-0.2, 0) is 9.09 Å². The molecule has 0 aliphatic heterocycles. The van der Waals surface area contributed by atoms with Crippen LogP contribution in [0.2, 0.25) is 0 Å². The average Bonchev–Trinajstić information content (AvgIpc) is 2.19. The molecule has 0 spiro atoms. The smallest absolute Gasteiger partial charge is 0.193 e. The minimum Gasteiger partial charge on any atom is -0.364 e. The molecule has 3 unspecified atom stereocenters. The maximum atomic E-state index is 11.2. The minimum absolute atomic E-state index is 0.273. The van der Waals surface area contributed by atoms with Gasteiger partial charge in [-0.3, -0.25) is 9.09 Å². The normalized spacial score (nSPS) is 19.4. The average molecular weight is 219 g/mol. The number of aliphatic hydroxyl groups is 1. The summed E-state index contributed by atoms with van der Waals surface area (Å²) in [6.07, 6.45) is 1.14. The molecule has 14 heavy (non-hydrogen) atoms. The fourth-order valence-electron chi connectivity index (χ4n) is 1.17. The van der Waals surface area contributed by atoms with Gasteiger partial charge in [-0.2, -0.15) is 5.26 Å². The summed E-state index contributed by atoms with van der Waals surface area (Å²) in [5.74, 6) is -2.16. The van der Waals surface area contributed by atoms with Crippen LogP contribution in [0.3, 0.4) is 0 Å². The lowest BCUT2D eigenvalue weighted by molar-refractivity contribution is -0.163. The molecule has 0 heterocycles. The number of hydrogen-bond acceptors (Lipinski definition) is 4. The van der Waals surface area contributed by atoms with Crippen LogP contribution in [0, 0.1) is 17.2 Å². The molecule has 3 atom stereocenters. The van der Waals surface area contributed by atoms with E-state index in [0.29, 0.717) is 12.6 Å². The van der Waals surface area contributed by atoms with Gasteiger partial charge < -0.3 is 5.11 Å². The molecule has 0 aromatic heterocycles. The summed E-state index contributed by atoms with van der Waals surface area (Å²) >= 11 is 0. The predicted molar refractivity (Wildman–Crippen MR) is 55.3 cm³/mol. The molecule has 1 N–H and O–H groups in total. The first-order valence-corrected chi connectivity index (χ1v) is 6.40. The Morgan fingerprint density at radius 1 is 1.57 bits per heavy atom. The fourth-order valence-corrected chi connectivity index (χ4v) is 2.00. The first kappa shape index (κ1) is 13.6. The van der Waals surface area contributed by atoms with Crippen LogP contribution >= 0.6 is 8.03 Å². The topological polar surface area (TPSA) is 70.3 Å². The second-order valence-corrected chi connectivity index (χ2v) is 4.77. The minimum atomic E-state index is -2.21. The fraction of sp³-hybridized carbons (Fsp3) is 0.889. The lowest BCUT2D eigenvalue weighted by Crippen LogP contribution is -2.37. The largest absolute Gasteiger partial charge is 0.364 e. The van der Waals surface area contributed by atoms with Gasteiger partial charge in [-0.05, 0) is 6.42 Å². The molecular formula is C9H18NO3P. The summed E-state index contributed by atoms with van der Waals surface area (Å²) in [4.78, 5) is 0. The summed E-state index contributed by atoms with van der Waals surface area (Å²) in [7, 11) is -2.21. The molecular weight excluding hydrogens is 201 g/mol. The highest BCUT2D eigenvalue weighted by molar-refractivity contribution is 7.39. The van der Waals surface area contributed by atoms with Gasteiger partial charge in [0.1, 0.15) is 5.92 Å². The molecule has 0 aromatic carbocycles. The Morgan fingerprint density at radius 3 is 2.43 bits per heavy atom. The SMILES string of the molecule is CCC(C#N)C(O)(CC)O[PH](=O)CC. The molecule has 0 amide bonds. The third-order valence-electron chi connectivity index (χ3n) is 2.19. The van der Waals surface area contributed by atoms with Gasteiger partial charge in [0, 0.05) is 12.6 Å². The third-order valence-corrected chi connectivity index (χ3v) is 3.35. The van der Waals surface area contributed by atoms with E-state index in [1.807, 2.05) is 6.07 Å². The van der Waals surface area contributed by atoms with Crippen molar-refractivity contribution >= 4 is 8.03 Å². The van der Waals surface area contributed by atoms with Crippen LogP contribution in [0.25, 0.3) is 0 Å². The van der Waals surface area contributed by atoms with E-state index < -0.39 is 19.7 Å². The molecule has 0 aromatic rings. The molecule has 5 heteroatoms. The van der Waals surface area contributed by atoms with Gasteiger partial charge in [0.15, 0.2) is 13.8 Å². The lowest BCUT2D eigenvalue weighted by atomic mass is 9.95. The van der Waals surface area contributed by atoms with Gasteiger partial charge in [0.2, 0.25) is 0 Å². The number of nitrogens with zero attached hydrogens (tertiary/aromatic N) is 1. The van der Waals surface area contributed by atoms with Gasteiger partial charge in [-0.15, -0.1) is 0 Å². The van der Waals surface area contributed by atoms with Crippen molar-refractivity contribution in [2.45, 2.75) is 39.4 Å². The zero-order valence-corrected chi connectivity index (χ0v) is 9.91. The van der Waals surface area contributed by atoms with Crippen molar-refractivity contribution in [3.05, 3.63) is 0 Å². The summed E-state index contributed by atoms with van der Waals surface area (Å²) in [6.45, 7) is 5.23. The Bertz CT molecular complexity index is 239. The van der Waals surface area contributed by atoms with Gasteiger partial charge in [-0.25, -0.2) is 0 Å². The van der Waals surface area contributed by atoms with Gasteiger partial charge >= 0.3 is 0 Å². The molecule has 0 rings (SSSR count). The molecule has 0 aliphatic carbocycles. The van der Waals surface area contributed by atoms with Crippen LogP contribution in [0.5, 0.6) is 0 Å². The van der Waals surface area contributed by atoms with Crippen molar-refractivity contribution < 1.29 is 14.2 Å². The maximum absolute atomic E-state index is 11.2. The second-order valence-electron chi connectivity index (χ2n) is 3.12. The van der Waals surface area contributed by atoms with E-state index in [4.69, 9.17) is 9.79 Å². The third kappa shape index (κ3) is 3.42. The molecule has 4 nitrogen and oxygen atoms in total. The molecule has 0 fully saturated rings. The van der Waals surface area contributed by atoms with Gasteiger partial charge in [0.25, 0.3) is 0 Å². The van der Waals surface area contributed by atoms with E-state index in [0.717, 1.165) is 0 Å². The Hall–Kier alpha value is -0.360. The van der Waals surface area contributed by atoms with E-state index in [-0.39, 0.29) is 6.42 Å². The number of nitriles is 1. The predicted octanol–water partition coefficient (Wildman–Crippen LogP) is 2.15. The quantitative estimate of drug-likeness (QED) is 0.548. The van der Waals surface area contributed by atoms with Crippen molar-refractivity contribution in [3.8, 4) is 6.07 Å². The van der Waals surface area contributed by atoms with Crippen molar-refractivity contribution in [3.63, 3.8) is 0 Å². The molecule has 0 radical (unpaired) electrons. The van der Waals surface area contributed by atoms with E-state index >= 15 is 0 Å². The zero-order valence-electron chi connectivity index (χ0n) is 8.91. The molecule has 0 bridgehead atoms. The highest BCUT2D eigenvalue weighted by atomic mass is 31.1. The van der Waals surface area contributed by atoms with Crippen molar-refractivity contribution in [1.29, 1.82) is 5.26 Å². The van der Waals surface area contributed by atoms with E-state index in [1.165, 1.54) is 0 Å². The summed E-state index contributed by atoms with van der Waals surface area (Å²) in [5.41, 5.74) is 0. The monoisotopic (exact) mass is 219 g/mol. The van der Waals surface area contributed by atoms with Crippen LogP contribution in [-0.4, -0.2) is 17.1 Å². The summed E-state index contributed by atoms with van der Waals surface area (Å²) in [6, 6.07) is 1.98. The Labute approximate surface area is 85.8 Å². The van der Waals surface area contributed by atoms with E-state index in [1.54, 1.807) is 20.8 Å². The number of hydrogen-bond donors (Lipinski definition) is 1. The summed E-state index contributed by atoms with van der Waals surface area (Å²) < 4.78 is 16.3. The van der Waals surface area contributed by atoms with Crippen molar-refractivity contribution in [1.82, 2.24) is 0 Å². The van der Waals surface area contributed by atoms with Crippen molar-refractivity contribution in [2.75, 3.05) is 6.16 Å². The molecule has 0 saturated carbocycles. The number of rotatable bonds is 6. The van der Waals surface area contributed by atoms with Crippen molar-refractivity contribution in [2.24, 2.45) is 5.92 Å². The maximum Gasteiger partial charge on any atom is 0.193 e. The van der Waals surface area contributed by atoms with E-state index in [2.05, 4.69) is 0 Å². The Kier molecular flexibility index (Phi) is 6.03. The zero-order chi connectivity index (χ0) is 11.2. The Morgan fingerprint density at radius 2 is 2.14 bits per heavy atom. The first-order valence-electron chi connectivity index (χ1n) is 4.87.